The quantitative estimate of drug-likeness (QED) is 0.635. The maximum Gasteiger partial charge on any atom is 0.0966 e. The van der Waals surface area contributed by atoms with Crippen LogP contribution in [0.2, 0.25) is 0 Å². The predicted octanol–water partition coefficient (Wildman–Crippen LogP) is 1.85. The second-order valence-electron chi connectivity index (χ2n) is 3.75. The van der Waals surface area contributed by atoms with Crippen LogP contribution in [0.1, 0.15) is 5.69 Å². The molecule has 15 heavy (non-hydrogen) atoms. The van der Waals surface area contributed by atoms with E-state index in [2.05, 4.69) is 39.3 Å². The number of hydrogen-bond acceptors (Lipinski definition) is 1. The van der Waals surface area contributed by atoms with Crippen LogP contribution in [0.4, 0.5) is 0 Å². The van der Waals surface area contributed by atoms with Crippen molar-refractivity contribution >= 4 is 5.52 Å². The van der Waals surface area contributed by atoms with E-state index in [0.29, 0.717) is 0 Å². The number of pyridine rings is 1. The number of hydrogen-bond donors (Lipinski definition) is 0. The van der Waals surface area contributed by atoms with Gasteiger partial charge in [-0.1, -0.05) is 12.0 Å². The first-order valence-electron chi connectivity index (χ1n) is 4.97. The lowest BCUT2D eigenvalue weighted by atomic mass is 10.4. The van der Waals surface area contributed by atoms with Gasteiger partial charge in [-0.05, 0) is 44.3 Å². The highest BCUT2D eigenvalue weighted by Gasteiger charge is 1.95. The Hall–Kier alpha value is -1.72. The molecule has 2 rings (SSSR count). The van der Waals surface area contributed by atoms with Crippen molar-refractivity contribution in [3.63, 3.8) is 0 Å². The zero-order valence-electron chi connectivity index (χ0n) is 9.07. The summed E-state index contributed by atoms with van der Waals surface area (Å²) in [5.74, 6) is 6.30. The molecule has 0 aliphatic rings. The number of nitrogens with zero attached hydrogens (tertiary/aromatic N) is 2. The third-order valence-corrected chi connectivity index (χ3v) is 2.17. The minimum absolute atomic E-state index is 0.792. The largest absolute Gasteiger partial charge is 0.310 e. The zero-order valence-corrected chi connectivity index (χ0v) is 9.07. The minimum atomic E-state index is 0.792. The van der Waals surface area contributed by atoms with Crippen molar-refractivity contribution < 1.29 is 0 Å². The van der Waals surface area contributed by atoms with Crippen LogP contribution in [0.5, 0.6) is 0 Å². The topological polar surface area (TPSA) is 7.65 Å². The fourth-order valence-electron chi connectivity index (χ4n) is 1.45. The van der Waals surface area contributed by atoms with E-state index in [-0.39, 0.29) is 0 Å². The highest BCUT2D eigenvalue weighted by molar-refractivity contribution is 5.52. The average molecular weight is 198 g/mol. The van der Waals surface area contributed by atoms with E-state index in [9.17, 15) is 0 Å². The first kappa shape index (κ1) is 9.82. The Bertz CT molecular complexity index is 512. The molecular weight excluding hydrogens is 184 g/mol. The highest BCUT2D eigenvalue weighted by Crippen LogP contribution is 2.07. The van der Waals surface area contributed by atoms with Gasteiger partial charge in [0.25, 0.3) is 0 Å². The van der Waals surface area contributed by atoms with Crippen LogP contribution in [0, 0.1) is 11.8 Å². The van der Waals surface area contributed by atoms with Gasteiger partial charge in [0.15, 0.2) is 0 Å². The molecule has 0 aliphatic heterocycles. The lowest BCUT2D eigenvalue weighted by Crippen LogP contribution is -2.10. The van der Waals surface area contributed by atoms with E-state index in [1.54, 1.807) is 0 Å². The fourth-order valence-corrected chi connectivity index (χ4v) is 1.45. The van der Waals surface area contributed by atoms with Gasteiger partial charge < -0.3 is 4.40 Å². The summed E-state index contributed by atoms with van der Waals surface area (Å²) in [4.78, 5) is 2.06. The SMILES string of the molecule is CN(C)CC#Cc1ccc2ccccn12. The van der Waals surface area contributed by atoms with Crippen LogP contribution in [0.15, 0.2) is 36.5 Å². The molecule has 2 aromatic heterocycles. The van der Waals surface area contributed by atoms with Crippen molar-refractivity contribution in [2.75, 3.05) is 20.6 Å². The molecule has 0 atom stereocenters. The van der Waals surface area contributed by atoms with E-state index >= 15 is 0 Å². The molecule has 0 spiro atoms. The summed E-state index contributed by atoms with van der Waals surface area (Å²) in [6.45, 7) is 0.792. The van der Waals surface area contributed by atoms with E-state index in [4.69, 9.17) is 0 Å². The standard InChI is InChI=1S/C13H14N2/c1-14(2)10-5-7-13-9-8-12-6-3-4-11-15(12)13/h3-4,6,8-9,11H,10H2,1-2H3. The van der Waals surface area contributed by atoms with Crippen molar-refractivity contribution in [2.45, 2.75) is 0 Å². The summed E-state index contributed by atoms with van der Waals surface area (Å²) < 4.78 is 2.10. The molecule has 2 heterocycles. The second-order valence-corrected chi connectivity index (χ2v) is 3.75. The van der Waals surface area contributed by atoms with Crippen LogP contribution in [-0.4, -0.2) is 29.9 Å². The first-order valence-corrected chi connectivity index (χ1v) is 4.97. The normalized spacial score (nSPS) is 10.3. The molecule has 0 radical (unpaired) electrons. The Morgan fingerprint density at radius 1 is 1.20 bits per heavy atom. The third-order valence-electron chi connectivity index (χ3n) is 2.17. The molecule has 0 aromatic carbocycles. The van der Waals surface area contributed by atoms with Crippen molar-refractivity contribution in [2.24, 2.45) is 0 Å². The summed E-state index contributed by atoms with van der Waals surface area (Å²) in [7, 11) is 4.04. The zero-order chi connectivity index (χ0) is 10.7. The average Bonchev–Trinajstić information content (AvgIpc) is 2.62. The number of fused-ring (bicyclic) bond motifs is 1. The Morgan fingerprint density at radius 2 is 2.07 bits per heavy atom. The number of aromatic nitrogens is 1. The molecule has 0 saturated carbocycles. The molecule has 0 unspecified atom stereocenters. The van der Waals surface area contributed by atoms with E-state index in [0.717, 1.165) is 12.2 Å². The molecule has 0 aliphatic carbocycles. The molecule has 2 heteroatoms. The van der Waals surface area contributed by atoms with Crippen molar-refractivity contribution in [3.05, 3.63) is 42.2 Å². The monoisotopic (exact) mass is 198 g/mol. The molecular formula is C13H14N2. The smallest absolute Gasteiger partial charge is 0.0966 e. The summed E-state index contributed by atoms with van der Waals surface area (Å²) >= 11 is 0. The first-order chi connectivity index (χ1) is 7.27. The van der Waals surface area contributed by atoms with Crippen molar-refractivity contribution in [3.8, 4) is 11.8 Å². The third kappa shape index (κ3) is 2.20. The summed E-state index contributed by atoms with van der Waals surface area (Å²) in [5.41, 5.74) is 2.24. The summed E-state index contributed by atoms with van der Waals surface area (Å²) in [6, 6.07) is 10.3. The molecule has 2 nitrogen and oxygen atoms in total. The summed E-state index contributed by atoms with van der Waals surface area (Å²) in [6.07, 6.45) is 2.04. The molecule has 0 fully saturated rings. The molecule has 0 bridgehead atoms. The second kappa shape index (κ2) is 4.20. The van der Waals surface area contributed by atoms with Gasteiger partial charge >= 0.3 is 0 Å². The Kier molecular flexibility index (Phi) is 2.75. The van der Waals surface area contributed by atoms with Crippen molar-refractivity contribution in [1.29, 1.82) is 0 Å². The fraction of sp³-hybridized carbons (Fsp3) is 0.231. The number of rotatable bonds is 1. The maximum atomic E-state index is 3.17. The lowest BCUT2D eigenvalue weighted by Gasteiger charge is -2.00. The minimum Gasteiger partial charge on any atom is -0.310 e. The van der Waals surface area contributed by atoms with Crippen molar-refractivity contribution in [1.82, 2.24) is 9.30 Å². The molecule has 76 valence electrons. The maximum absolute atomic E-state index is 3.17. The van der Waals surface area contributed by atoms with Crippen LogP contribution in [0.25, 0.3) is 5.52 Å². The lowest BCUT2D eigenvalue weighted by molar-refractivity contribution is 0.464. The van der Waals surface area contributed by atoms with E-state index < -0.39 is 0 Å². The van der Waals surface area contributed by atoms with Crippen LogP contribution < -0.4 is 0 Å². The molecule has 2 aromatic rings. The highest BCUT2D eigenvalue weighted by atomic mass is 15.0. The van der Waals surface area contributed by atoms with Gasteiger partial charge in [0.1, 0.15) is 0 Å². The Morgan fingerprint density at radius 3 is 2.87 bits per heavy atom. The van der Waals surface area contributed by atoms with Gasteiger partial charge in [-0.2, -0.15) is 0 Å². The van der Waals surface area contributed by atoms with Crippen LogP contribution >= 0.6 is 0 Å². The van der Waals surface area contributed by atoms with Gasteiger partial charge in [-0.25, -0.2) is 0 Å². The van der Waals surface area contributed by atoms with Gasteiger partial charge in [0.2, 0.25) is 0 Å². The Balaban J connectivity index is 2.31. The Labute approximate surface area is 90.1 Å². The van der Waals surface area contributed by atoms with E-state index in [1.165, 1.54) is 5.52 Å². The molecule has 0 amide bonds. The summed E-state index contributed by atoms with van der Waals surface area (Å²) in [5, 5.41) is 0. The van der Waals surface area contributed by atoms with Gasteiger partial charge in [-0.15, -0.1) is 0 Å². The van der Waals surface area contributed by atoms with Gasteiger partial charge in [0, 0.05) is 11.7 Å². The van der Waals surface area contributed by atoms with Crippen LogP contribution in [-0.2, 0) is 0 Å². The predicted molar refractivity (Wildman–Crippen MR) is 62.8 cm³/mol. The van der Waals surface area contributed by atoms with E-state index in [1.807, 2.05) is 32.4 Å². The van der Waals surface area contributed by atoms with Crippen LogP contribution in [0.3, 0.4) is 0 Å². The molecule has 0 saturated heterocycles. The molecule has 0 N–H and O–H groups in total. The van der Waals surface area contributed by atoms with Gasteiger partial charge in [-0.3, -0.25) is 4.90 Å². The van der Waals surface area contributed by atoms with Gasteiger partial charge in [0.05, 0.1) is 12.2 Å².